The Bertz CT molecular complexity index is 651. The lowest BCUT2D eigenvalue weighted by Gasteiger charge is -2.22. The number of rotatable bonds is 4. The zero-order valence-electron chi connectivity index (χ0n) is 12.8. The smallest absolute Gasteiger partial charge is 0.225 e. The Labute approximate surface area is 156 Å². The zero-order chi connectivity index (χ0) is 15.4. The van der Waals surface area contributed by atoms with Gasteiger partial charge in [-0.05, 0) is 24.3 Å². The molecule has 0 aliphatic carbocycles. The van der Waals surface area contributed by atoms with Crippen LogP contribution in [0.5, 0.6) is 0 Å². The van der Waals surface area contributed by atoms with Crippen LogP contribution in [0.25, 0.3) is 5.69 Å². The van der Waals surface area contributed by atoms with Gasteiger partial charge < -0.3 is 10.6 Å². The van der Waals surface area contributed by atoms with Crippen molar-refractivity contribution in [2.75, 3.05) is 23.4 Å². The lowest BCUT2D eigenvalue weighted by atomic mass is 10.2. The Morgan fingerprint density at radius 1 is 1.46 bits per heavy atom. The van der Waals surface area contributed by atoms with Gasteiger partial charge in [-0.1, -0.05) is 0 Å². The van der Waals surface area contributed by atoms with E-state index in [1.807, 2.05) is 11.8 Å². The number of carbonyl (C=O) groups excluding carboxylic acids is 1. The fourth-order valence-electron chi connectivity index (χ4n) is 2.37. The number of hydrogen-bond acceptors (Lipinski definition) is 4. The minimum atomic E-state index is -0.423. The van der Waals surface area contributed by atoms with E-state index in [0.29, 0.717) is 17.8 Å². The third kappa shape index (κ3) is 5.37. The van der Waals surface area contributed by atoms with E-state index in [4.69, 9.17) is 0 Å². The third-order valence-corrected chi connectivity index (χ3v) is 4.54. The summed E-state index contributed by atoms with van der Waals surface area (Å²) in [6.07, 6.45) is 3.66. The molecule has 0 radical (unpaired) electrons. The molecule has 132 valence electrons. The van der Waals surface area contributed by atoms with E-state index < -0.39 is 5.82 Å². The number of halogens is 3. The van der Waals surface area contributed by atoms with Crippen LogP contribution in [-0.2, 0) is 4.79 Å². The summed E-state index contributed by atoms with van der Waals surface area (Å²) in [5.41, 5.74) is 0.815. The number of nitrogens with one attached hydrogen (secondary N) is 2. The number of aromatic nitrogens is 2. The highest BCUT2D eigenvalue weighted by Crippen LogP contribution is 2.18. The van der Waals surface area contributed by atoms with E-state index in [1.54, 1.807) is 30.6 Å². The Kier molecular flexibility index (Phi) is 8.55. The predicted molar refractivity (Wildman–Crippen MR) is 100 cm³/mol. The first kappa shape index (κ1) is 20.8. The molecule has 1 unspecified atom stereocenters. The molecule has 2 aromatic rings. The fraction of sp³-hybridized carbons (Fsp3) is 0.333. The summed E-state index contributed by atoms with van der Waals surface area (Å²) in [6.45, 7) is 0.926. The standard InChI is InChI=1S/C15H17FN4OS.2ClH/c16-13-8-11(2-3-14(13)20-6-1-4-18-20)19-15(21)9-12-10-22-7-5-17-12;;/h1-4,6,8,12,17H,5,7,9-10H2,(H,19,21);2*1H. The summed E-state index contributed by atoms with van der Waals surface area (Å²) >= 11 is 1.84. The SMILES string of the molecule is Cl.Cl.O=C(CC1CSCCN1)Nc1ccc(-n2cccn2)c(F)c1. The average molecular weight is 393 g/mol. The van der Waals surface area contributed by atoms with Crippen molar-refractivity contribution in [2.45, 2.75) is 12.5 Å². The molecule has 2 N–H and O–H groups in total. The highest BCUT2D eigenvalue weighted by molar-refractivity contribution is 7.99. The highest BCUT2D eigenvalue weighted by Gasteiger charge is 2.17. The Morgan fingerprint density at radius 3 is 2.92 bits per heavy atom. The molecule has 1 aromatic carbocycles. The first-order valence-electron chi connectivity index (χ1n) is 7.13. The minimum Gasteiger partial charge on any atom is -0.326 e. The van der Waals surface area contributed by atoms with Crippen LogP contribution in [-0.4, -0.2) is 39.8 Å². The van der Waals surface area contributed by atoms with Crippen LogP contribution in [0.15, 0.2) is 36.7 Å². The van der Waals surface area contributed by atoms with Crippen molar-refractivity contribution in [1.29, 1.82) is 0 Å². The number of nitrogens with zero attached hydrogens (tertiary/aromatic N) is 2. The topological polar surface area (TPSA) is 59.0 Å². The van der Waals surface area contributed by atoms with Gasteiger partial charge in [-0.15, -0.1) is 24.8 Å². The summed E-state index contributed by atoms with van der Waals surface area (Å²) in [5.74, 6) is 1.48. The molecular weight excluding hydrogens is 374 g/mol. The van der Waals surface area contributed by atoms with Crippen LogP contribution >= 0.6 is 36.6 Å². The second kappa shape index (κ2) is 9.88. The van der Waals surface area contributed by atoms with Crippen LogP contribution in [0.4, 0.5) is 10.1 Å². The number of benzene rings is 1. The van der Waals surface area contributed by atoms with Crippen molar-refractivity contribution in [2.24, 2.45) is 0 Å². The van der Waals surface area contributed by atoms with Gasteiger partial charge >= 0.3 is 0 Å². The maximum atomic E-state index is 14.1. The van der Waals surface area contributed by atoms with Gasteiger partial charge in [0.25, 0.3) is 0 Å². The molecule has 3 rings (SSSR count). The normalized spacial score (nSPS) is 16.6. The van der Waals surface area contributed by atoms with Crippen molar-refractivity contribution < 1.29 is 9.18 Å². The summed E-state index contributed by atoms with van der Waals surface area (Å²) in [6, 6.07) is 6.52. The highest BCUT2D eigenvalue weighted by atomic mass is 35.5. The molecule has 5 nitrogen and oxygen atoms in total. The maximum Gasteiger partial charge on any atom is 0.225 e. The lowest BCUT2D eigenvalue weighted by molar-refractivity contribution is -0.116. The molecule has 24 heavy (non-hydrogen) atoms. The molecule has 2 heterocycles. The molecule has 1 amide bonds. The molecule has 1 atom stereocenters. The molecular formula is C15H19Cl2FN4OS. The lowest BCUT2D eigenvalue weighted by Crippen LogP contribution is -2.39. The van der Waals surface area contributed by atoms with E-state index in [-0.39, 0.29) is 36.8 Å². The van der Waals surface area contributed by atoms with E-state index in [0.717, 1.165) is 18.1 Å². The van der Waals surface area contributed by atoms with Crippen molar-refractivity contribution in [3.05, 3.63) is 42.5 Å². The summed E-state index contributed by atoms with van der Waals surface area (Å²) in [5, 5.41) is 10.0. The molecule has 9 heteroatoms. The maximum absolute atomic E-state index is 14.1. The fourth-order valence-corrected chi connectivity index (χ4v) is 3.32. The van der Waals surface area contributed by atoms with Crippen molar-refractivity contribution in [3.63, 3.8) is 0 Å². The van der Waals surface area contributed by atoms with Crippen LogP contribution in [0.2, 0.25) is 0 Å². The molecule has 0 saturated carbocycles. The Balaban J connectivity index is 0.00000144. The van der Waals surface area contributed by atoms with Gasteiger partial charge in [0.05, 0.1) is 0 Å². The van der Waals surface area contributed by atoms with Crippen LogP contribution in [0.1, 0.15) is 6.42 Å². The minimum absolute atomic E-state index is 0. The van der Waals surface area contributed by atoms with E-state index in [1.165, 1.54) is 10.7 Å². The van der Waals surface area contributed by atoms with E-state index >= 15 is 0 Å². The van der Waals surface area contributed by atoms with Crippen molar-refractivity contribution >= 4 is 48.2 Å². The second-order valence-electron chi connectivity index (χ2n) is 5.10. The molecule has 1 saturated heterocycles. The van der Waals surface area contributed by atoms with Gasteiger partial charge in [0.2, 0.25) is 5.91 Å². The number of anilines is 1. The Hall–Kier alpha value is -1.28. The molecule has 0 spiro atoms. The summed E-state index contributed by atoms with van der Waals surface area (Å²) in [4.78, 5) is 12.0. The van der Waals surface area contributed by atoms with Gasteiger partial charge in [0, 0.05) is 48.6 Å². The molecule has 0 bridgehead atoms. The third-order valence-electron chi connectivity index (χ3n) is 3.41. The number of thioether (sulfide) groups is 1. The average Bonchev–Trinajstić information content (AvgIpc) is 3.02. The molecule has 1 aliphatic heterocycles. The van der Waals surface area contributed by atoms with Gasteiger partial charge in [0.15, 0.2) is 5.82 Å². The number of amides is 1. The molecule has 1 fully saturated rings. The predicted octanol–water partition coefficient (Wildman–Crippen LogP) is 2.89. The zero-order valence-corrected chi connectivity index (χ0v) is 15.2. The molecule has 1 aliphatic rings. The van der Waals surface area contributed by atoms with E-state index in [2.05, 4.69) is 15.7 Å². The quantitative estimate of drug-likeness (QED) is 0.839. The van der Waals surface area contributed by atoms with Crippen LogP contribution in [0.3, 0.4) is 0 Å². The summed E-state index contributed by atoms with van der Waals surface area (Å²) in [7, 11) is 0. The first-order chi connectivity index (χ1) is 10.7. The largest absolute Gasteiger partial charge is 0.326 e. The van der Waals surface area contributed by atoms with Gasteiger partial charge in [-0.25, -0.2) is 9.07 Å². The first-order valence-corrected chi connectivity index (χ1v) is 8.28. The second-order valence-corrected chi connectivity index (χ2v) is 6.24. The monoisotopic (exact) mass is 392 g/mol. The summed E-state index contributed by atoms with van der Waals surface area (Å²) < 4.78 is 15.5. The van der Waals surface area contributed by atoms with Crippen molar-refractivity contribution in [3.8, 4) is 5.69 Å². The van der Waals surface area contributed by atoms with Gasteiger partial charge in [-0.3, -0.25) is 4.79 Å². The number of carbonyl (C=O) groups is 1. The molecule has 1 aromatic heterocycles. The number of hydrogen-bond donors (Lipinski definition) is 2. The van der Waals surface area contributed by atoms with E-state index in [9.17, 15) is 9.18 Å². The van der Waals surface area contributed by atoms with Gasteiger partial charge in [-0.2, -0.15) is 16.9 Å². The van der Waals surface area contributed by atoms with Gasteiger partial charge in [0.1, 0.15) is 5.69 Å². The van der Waals surface area contributed by atoms with Crippen LogP contribution < -0.4 is 10.6 Å². The van der Waals surface area contributed by atoms with Crippen LogP contribution in [0, 0.1) is 5.82 Å². The van der Waals surface area contributed by atoms with Crippen molar-refractivity contribution in [1.82, 2.24) is 15.1 Å². The Morgan fingerprint density at radius 2 is 2.29 bits per heavy atom.